The van der Waals surface area contributed by atoms with Gasteiger partial charge in [-0.05, 0) is 53.5 Å². The molecule has 0 fully saturated rings. The summed E-state index contributed by atoms with van der Waals surface area (Å²) in [6, 6.07) is 11.8. The molecule has 1 N–H and O–H groups in total. The second kappa shape index (κ2) is 12.2. The Bertz CT molecular complexity index is 1430. The number of benzene rings is 2. The largest absolute Gasteiger partial charge is 0.366 e. The SMILES string of the molecule is C=NC(=NC=C(C)C)[C@H](OC(C)C)[C@H](C)S(=O)(=O)Nc1nnc(-c2ccccc2)n1-c1c(F)cccc1F. The molecule has 2 aromatic carbocycles. The van der Waals surface area contributed by atoms with Gasteiger partial charge in [0.1, 0.15) is 28.7 Å². The van der Waals surface area contributed by atoms with E-state index in [1.165, 1.54) is 19.2 Å². The molecule has 0 spiro atoms. The van der Waals surface area contributed by atoms with E-state index in [0.29, 0.717) is 5.56 Å². The highest BCUT2D eigenvalue weighted by Crippen LogP contribution is 2.29. The number of rotatable bonds is 10. The Kier molecular flexibility index (Phi) is 9.23. The van der Waals surface area contributed by atoms with E-state index in [9.17, 15) is 17.2 Å². The minimum atomic E-state index is -4.31. The zero-order chi connectivity index (χ0) is 28.0. The van der Waals surface area contributed by atoms with E-state index in [4.69, 9.17) is 4.74 Å². The van der Waals surface area contributed by atoms with Crippen molar-refractivity contribution in [2.75, 3.05) is 4.72 Å². The van der Waals surface area contributed by atoms with Crippen molar-refractivity contribution in [2.45, 2.75) is 52.1 Å². The van der Waals surface area contributed by atoms with E-state index in [2.05, 4.69) is 31.6 Å². The number of hydrogen-bond acceptors (Lipinski definition) is 6. The summed E-state index contributed by atoms with van der Waals surface area (Å²) in [6.07, 6.45) is 0.0323. The maximum absolute atomic E-state index is 14.9. The van der Waals surface area contributed by atoms with Gasteiger partial charge in [-0.2, -0.15) is 0 Å². The molecule has 38 heavy (non-hydrogen) atoms. The highest BCUT2D eigenvalue weighted by Gasteiger charge is 2.36. The second-order valence-corrected chi connectivity index (χ2v) is 11.0. The number of para-hydroxylation sites is 1. The number of hydrogen-bond donors (Lipinski definition) is 1. The topological polar surface area (TPSA) is 111 Å². The summed E-state index contributed by atoms with van der Waals surface area (Å²) in [6.45, 7) is 12.0. The molecule has 0 radical (unpaired) electrons. The first kappa shape index (κ1) is 28.8. The van der Waals surface area contributed by atoms with Crippen LogP contribution < -0.4 is 4.72 Å². The van der Waals surface area contributed by atoms with Crippen LogP contribution in [0.25, 0.3) is 17.1 Å². The third-order valence-corrected chi connectivity index (χ3v) is 6.99. The van der Waals surface area contributed by atoms with Gasteiger partial charge in [-0.3, -0.25) is 9.29 Å². The Morgan fingerprint density at radius 3 is 2.24 bits per heavy atom. The van der Waals surface area contributed by atoms with Crippen LogP contribution in [0.5, 0.6) is 0 Å². The first-order valence-electron chi connectivity index (χ1n) is 11.8. The predicted molar refractivity (Wildman–Crippen MR) is 145 cm³/mol. The highest BCUT2D eigenvalue weighted by molar-refractivity contribution is 7.93. The minimum Gasteiger partial charge on any atom is -0.366 e. The van der Waals surface area contributed by atoms with Crippen LogP contribution in [-0.4, -0.2) is 53.2 Å². The van der Waals surface area contributed by atoms with Gasteiger partial charge in [0.15, 0.2) is 11.7 Å². The van der Waals surface area contributed by atoms with Gasteiger partial charge in [-0.1, -0.05) is 42.0 Å². The number of ether oxygens (including phenoxy) is 1. The van der Waals surface area contributed by atoms with Gasteiger partial charge in [0.25, 0.3) is 0 Å². The third kappa shape index (κ3) is 6.56. The number of nitrogens with zero attached hydrogens (tertiary/aromatic N) is 5. The zero-order valence-corrected chi connectivity index (χ0v) is 22.6. The summed E-state index contributed by atoms with van der Waals surface area (Å²) in [5.41, 5.74) is 0.793. The van der Waals surface area contributed by atoms with Crippen LogP contribution >= 0.6 is 0 Å². The van der Waals surface area contributed by atoms with Gasteiger partial charge in [0.05, 0.1) is 6.10 Å². The first-order chi connectivity index (χ1) is 18.0. The number of allylic oxidation sites excluding steroid dienone is 1. The number of amidine groups is 1. The lowest BCUT2D eigenvalue weighted by Crippen LogP contribution is -2.43. The van der Waals surface area contributed by atoms with E-state index in [1.807, 2.05) is 13.8 Å². The molecule has 0 saturated heterocycles. The number of nitrogens with one attached hydrogen (secondary N) is 1. The van der Waals surface area contributed by atoms with E-state index < -0.39 is 44.6 Å². The van der Waals surface area contributed by atoms with Gasteiger partial charge in [-0.15, -0.1) is 10.2 Å². The molecule has 12 heteroatoms. The summed E-state index contributed by atoms with van der Waals surface area (Å²) >= 11 is 0. The fourth-order valence-corrected chi connectivity index (χ4v) is 4.58. The first-order valence-corrected chi connectivity index (χ1v) is 13.3. The van der Waals surface area contributed by atoms with Crippen molar-refractivity contribution in [1.29, 1.82) is 0 Å². The fourth-order valence-electron chi connectivity index (χ4n) is 3.50. The van der Waals surface area contributed by atoms with Crippen LogP contribution in [0.15, 0.2) is 70.3 Å². The van der Waals surface area contributed by atoms with Crippen molar-refractivity contribution in [3.05, 3.63) is 71.9 Å². The molecule has 0 aliphatic carbocycles. The molecule has 0 bridgehead atoms. The number of aliphatic imine (C=N–C) groups is 2. The summed E-state index contributed by atoms with van der Waals surface area (Å²) < 4.78 is 66.2. The van der Waals surface area contributed by atoms with Gasteiger partial charge in [0, 0.05) is 11.8 Å². The van der Waals surface area contributed by atoms with Crippen molar-refractivity contribution in [1.82, 2.24) is 14.8 Å². The maximum atomic E-state index is 14.9. The molecule has 0 aliphatic rings. The Hall–Kier alpha value is -3.77. The van der Waals surface area contributed by atoms with Gasteiger partial charge >= 0.3 is 0 Å². The van der Waals surface area contributed by atoms with Crippen LogP contribution in [0.3, 0.4) is 0 Å². The lowest BCUT2D eigenvalue weighted by molar-refractivity contribution is 0.0459. The Balaban J connectivity index is 2.13. The lowest BCUT2D eigenvalue weighted by Gasteiger charge is -2.26. The van der Waals surface area contributed by atoms with Gasteiger partial charge < -0.3 is 4.74 Å². The van der Waals surface area contributed by atoms with Crippen LogP contribution in [0.2, 0.25) is 0 Å². The zero-order valence-electron chi connectivity index (χ0n) is 21.8. The van der Waals surface area contributed by atoms with Crippen molar-refractivity contribution in [3.8, 4) is 17.1 Å². The van der Waals surface area contributed by atoms with Crippen LogP contribution in [0.4, 0.5) is 14.7 Å². The van der Waals surface area contributed by atoms with E-state index in [0.717, 1.165) is 22.3 Å². The number of halogens is 2. The molecule has 202 valence electrons. The second-order valence-electron chi connectivity index (χ2n) is 8.93. The Labute approximate surface area is 221 Å². The maximum Gasteiger partial charge on any atom is 0.243 e. The van der Waals surface area contributed by atoms with Crippen LogP contribution in [0.1, 0.15) is 34.6 Å². The predicted octanol–water partition coefficient (Wildman–Crippen LogP) is 5.16. The van der Waals surface area contributed by atoms with Crippen molar-refractivity contribution in [3.63, 3.8) is 0 Å². The van der Waals surface area contributed by atoms with E-state index in [-0.39, 0.29) is 17.8 Å². The van der Waals surface area contributed by atoms with Crippen LogP contribution in [0, 0.1) is 11.6 Å². The lowest BCUT2D eigenvalue weighted by atomic mass is 10.2. The molecule has 1 heterocycles. The average molecular weight is 545 g/mol. The number of aromatic nitrogens is 3. The summed E-state index contributed by atoms with van der Waals surface area (Å²) in [4.78, 5) is 8.14. The summed E-state index contributed by atoms with van der Waals surface area (Å²) in [5.74, 6) is -2.16. The standard InChI is InChI=1S/C26H30F2N6O3S/c1-16(2)15-30-24(29-6)23(37-17(3)4)18(5)38(35,36)33-26-32-31-25(19-11-8-7-9-12-19)34(26)22-20(27)13-10-14-21(22)28/h7-15,17-18,23H,6H2,1-5H3,(H,32,33)/t18-,23+/m0/s1. The third-order valence-electron chi connectivity index (χ3n) is 5.30. The van der Waals surface area contributed by atoms with E-state index in [1.54, 1.807) is 44.2 Å². The number of anilines is 1. The molecule has 0 amide bonds. The van der Waals surface area contributed by atoms with E-state index >= 15 is 0 Å². The van der Waals surface area contributed by atoms with Gasteiger partial charge in [-0.25, -0.2) is 27.2 Å². The van der Waals surface area contributed by atoms with Gasteiger partial charge in [0.2, 0.25) is 16.0 Å². The molecule has 0 aliphatic heterocycles. The molecule has 2 atom stereocenters. The summed E-state index contributed by atoms with van der Waals surface area (Å²) in [7, 11) is -4.31. The minimum absolute atomic E-state index is 0.0356. The average Bonchev–Trinajstić information content (AvgIpc) is 3.25. The molecule has 0 saturated carbocycles. The Morgan fingerprint density at radius 2 is 1.68 bits per heavy atom. The van der Waals surface area contributed by atoms with Crippen LogP contribution in [-0.2, 0) is 14.8 Å². The molecule has 3 rings (SSSR count). The smallest absolute Gasteiger partial charge is 0.243 e. The molecule has 3 aromatic rings. The molecular weight excluding hydrogens is 514 g/mol. The quantitative estimate of drug-likeness (QED) is 0.280. The fraction of sp³-hybridized carbons (Fsp3) is 0.308. The monoisotopic (exact) mass is 544 g/mol. The molecule has 0 unspecified atom stereocenters. The molecule has 9 nitrogen and oxygen atoms in total. The van der Waals surface area contributed by atoms with Crippen molar-refractivity contribution < 1.29 is 21.9 Å². The molecular formula is C26H30F2N6O3S. The summed E-state index contributed by atoms with van der Waals surface area (Å²) in [5, 5.41) is 6.71. The van der Waals surface area contributed by atoms with Crippen molar-refractivity contribution >= 4 is 28.5 Å². The molecule has 1 aromatic heterocycles. The highest BCUT2D eigenvalue weighted by atomic mass is 32.2. The number of sulfonamides is 1. The van der Waals surface area contributed by atoms with Crippen molar-refractivity contribution in [2.24, 2.45) is 9.98 Å². The Morgan fingerprint density at radius 1 is 1.05 bits per heavy atom. The normalized spacial score (nSPS) is 13.7.